The minimum atomic E-state index is -0.508. The van der Waals surface area contributed by atoms with Crippen molar-refractivity contribution in [3.63, 3.8) is 0 Å². The normalized spacial score (nSPS) is 11.8. The Bertz CT molecular complexity index is 574. The lowest BCUT2D eigenvalue weighted by molar-refractivity contribution is -0.128. The van der Waals surface area contributed by atoms with E-state index in [4.69, 9.17) is 0 Å². The average molecular weight is 431 g/mol. The smallest absolute Gasteiger partial charge is 0.242 e. The summed E-state index contributed by atoms with van der Waals surface area (Å²) < 4.78 is 0. The van der Waals surface area contributed by atoms with Gasteiger partial charge in [0.15, 0.2) is 0 Å². The average Bonchev–Trinajstić information content (AvgIpc) is 2.76. The van der Waals surface area contributed by atoms with Gasteiger partial charge in [-0.3, -0.25) is 9.59 Å². The molecule has 1 aromatic rings. The van der Waals surface area contributed by atoms with Gasteiger partial charge < -0.3 is 10.6 Å². The Morgan fingerprint density at radius 2 is 1.23 bits per heavy atom. The molecule has 0 saturated heterocycles. The predicted octanol–water partition coefficient (Wildman–Crippen LogP) is 6.33. The van der Waals surface area contributed by atoms with Crippen molar-refractivity contribution in [2.45, 2.75) is 116 Å². The van der Waals surface area contributed by atoms with Crippen LogP contribution in [0.5, 0.6) is 0 Å². The quantitative estimate of drug-likeness (QED) is 0.252. The molecule has 0 unspecified atom stereocenters. The van der Waals surface area contributed by atoms with E-state index in [0.29, 0.717) is 13.0 Å². The fraction of sp³-hybridized carbons (Fsp3) is 0.704. The maximum absolute atomic E-state index is 12.5. The first kappa shape index (κ1) is 27.2. The van der Waals surface area contributed by atoms with Gasteiger partial charge in [-0.2, -0.15) is 0 Å². The lowest BCUT2D eigenvalue weighted by Gasteiger charge is -2.17. The maximum Gasteiger partial charge on any atom is 0.242 e. The van der Waals surface area contributed by atoms with Gasteiger partial charge in [0.25, 0.3) is 0 Å². The Labute approximate surface area is 191 Å². The highest BCUT2D eigenvalue weighted by Crippen LogP contribution is 2.13. The third-order valence-electron chi connectivity index (χ3n) is 5.81. The van der Waals surface area contributed by atoms with Crippen molar-refractivity contribution in [1.82, 2.24) is 10.6 Å². The van der Waals surface area contributed by atoms with Gasteiger partial charge >= 0.3 is 0 Å². The van der Waals surface area contributed by atoms with E-state index in [-0.39, 0.29) is 11.8 Å². The fourth-order valence-corrected chi connectivity index (χ4v) is 3.96. The molecule has 0 aliphatic carbocycles. The highest BCUT2D eigenvalue weighted by atomic mass is 16.2. The number of carbonyl (C=O) groups is 2. The highest BCUT2D eigenvalue weighted by Gasteiger charge is 2.19. The molecule has 2 amide bonds. The van der Waals surface area contributed by atoms with Crippen molar-refractivity contribution < 1.29 is 9.59 Å². The van der Waals surface area contributed by atoms with Gasteiger partial charge in [0, 0.05) is 19.9 Å². The molecule has 4 nitrogen and oxygen atoms in total. The molecule has 0 radical (unpaired) electrons. The van der Waals surface area contributed by atoms with Crippen LogP contribution in [0.1, 0.15) is 109 Å². The number of carbonyl (C=O) groups excluding carboxylic acids is 2. The number of hydrogen-bond acceptors (Lipinski definition) is 2. The van der Waals surface area contributed by atoms with Crippen molar-refractivity contribution in [2.75, 3.05) is 6.54 Å². The summed E-state index contributed by atoms with van der Waals surface area (Å²) in [6, 6.07) is 9.31. The first-order valence-electron chi connectivity index (χ1n) is 12.7. The molecule has 0 heterocycles. The summed E-state index contributed by atoms with van der Waals surface area (Å²) in [5, 5.41) is 5.78. The summed E-state index contributed by atoms with van der Waals surface area (Å²) >= 11 is 0. The Hall–Kier alpha value is -1.84. The van der Waals surface area contributed by atoms with Crippen LogP contribution in [-0.4, -0.2) is 24.4 Å². The molecule has 2 N–H and O–H groups in total. The molecule has 0 aliphatic heterocycles. The van der Waals surface area contributed by atoms with E-state index in [1.807, 2.05) is 30.3 Å². The minimum Gasteiger partial charge on any atom is -0.354 e. The third kappa shape index (κ3) is 15.6. The van der Waals surface area contributed by atoms with Gasteiger partial charge in [0.05, 0.1) is 0 Å². The summed E-state index contributed by atoms with van der Waals surface area (Å²) in [4.78, 5) is 24.0. The molecule has 0 fully saturated rings. The topological polar surface area (TPSA) is 58.2 Å². The van der Waals surface area contributed by atoms with E-state index >= 15 is 0 Å². The zero-order valence-corrected chi connectivity index (χ0v) is 20.1. The SMILES string of the molecule is CCCCCCCCCCCCCCCCNC(=O)[C@H](Cc1ccccc1)NC(C)=O. The molecule has 1 rings (SSSR count). The van der Waals surface area contributed by atoms with Crippen molar-refractivity contribution >= 4 is 11.8 Å². The van der Waals surface area contributed by atoms with E-state index in [9.17, 15) is 9.59 Å². The zero-order valence-electron chi connectivity index (χ0n) is 20.1. The lowest BCUT2D eigenvalue weighted by Crippen LogP contribution is -2.47. The molecular weight excluding hydrogens is 384 g/mol. The van der Waals surface area contributed by atoms with Crippen LogP contribution in [0.25, 0.3) is 0 Å². The minimum absolute atomic E-state index is 0.0891. The Balaban J connectivity index is 2.01. The van der Waals surface area contributed by atoms with Crippen LogP contribution in [0.3, 0.4) is 0 Å². The first-order chi connectivity index (χ1) is 15.1. The molecule has 0 spiro atoms. The largest absolute Gasteiger partial charge is 0.354 e. The molecule has 0 aliphatic rings. The number of hydrogen-bond donors (Lipinski definition) is 2. The second-order valence-electron chi connectivity index (χ2n) is 8.83. The van der Waals surface area contributed by atoms with Crippen LogP contribution >= 0.6 is 0 Å². The number of unbranched alkanes of at least 4 members (excludes halogenated alkanes) is 13. The monoisotopic (exact) mass is 430 g/mol. The van der Waals surface area contributed by atoms with E-state index in [1.54, 1.807) is 0 Å². The van der Waals surface area contributed by atoms with Gasteiger partial charge in [0.2, 0.25) is 11.8 Å². The van der Waals surface area contributed by atoms with Gasteiger partial charge in [-0.15, -0.1) is 0 Å². The molecule has 0 aromatic heterocycles. The van der Waals surface area contributed by atoms with Gasteiger partial charge in [0.1, 0.15) is 6.04 Å². The summed E-state index contributed by atoms with van der Waals surface area (Å²) in [7, 11) is 0. The van der Waals surface area contributed by atoms with Crippen LogP contribution in [-0.2, 0) is 16.0 Å². The summed E-state index contributed by atoms with van der Waals surface area (Å²) in [5.74, 6) is -0.263. The Morgan fingerprint density at radius 1 is 0.742 bits per heavy atom. The van der Waals surface area contributed by atoms with Gasteiger partial charge in [-0.25, -0.2) is 0 Å². The lowest BCUT2D eigenvalue weighted by atomic mass is 10.0. The highest BCUT2D eigenvalue weighted by molar-refractivity contribution is 5.87. The standard InChI is InChI=1S/C27H46N2O2/c1-3-4-5-6-7-8-9-10-11-12-13-14-15-19-22-28-27(31)26(29-24(2)30)23-25-20-17-16-18-21-25/h16-18,20-21,26H,3-15,19,22-23H2,1-2H3,(H,28,31)(H,29,30)/t26-/m0/s1. The van der Waals surface area contributed by atoms with Crippen molar-refractivity contribution in [1.29, 1.82) is 0 Å². The molecule has 0 bridgehead atoms. The Morgan fingerprint density at radius 3 is 1.71 bits per heavy atom. The second kappa shape index (κ2) is 18.9. The van der Waals surface area contributed by atoms with Crippen LogP contribution in [0.2, 0.25) is 0 Å². The number of benzene rings is 1. The summed E-state index contributed by atoms with van der Waals surface area (Å²) in [6.07, 6.45) is 19.1. The number of nitrogens with one attached hydrogen (secondary N) is 2. The molecule has 1 atom stereocenters. The molecule has 0 saturated carbocycles. The number of rotatable bonds is 19. The molecule has 176 valence electrons. The number of amides is 2. The first-order valence-corrected chi connectivity index (χ1v) is 12.7. The third-order valence-corrected chi connectivity index (χ3v) is 5.81. The van der Waals surface area contributed by atoms with E-state index < -0.39 is 6.04 Å². The van der Waals surface area contributed by atoms with Gasteiger partial charge in [-0.05, 0) is 12.0 Å². The molecule has 1 aromatic carbocycles. The fourth-order valence-electron chi connectivity index (χ4n) is 3.96. The summed E-state index contributed by atoms with van der Waals surface area (Å²) in [6.45, 7) is 4.41. The Kier molecular flexibility index (Phi) is 16.6. The second-order valence-corrected chi connectivity index (χ2v) is 8.83. The van der Waals surface area contributed by atoms with E-state index in [0.717, 1.165) is 18.4 Å². The molecule has 31 heavy (non-hydrogen) atoms. The van der Waals surface area contributed by atoms with Crippen molar-refractivity contribution in [2.24, 2.45) is 0 Å². The van der Waals surface area contributed by atoms with Crippen molar-refractivity contribution in [3.8, 4) is 0 Å². The van der Waals surface area contributed by atoms with E-state index in [1.165, 1.54) is 84.0 Å². The molecule has 4 heteroatoms. The predicted molar refractivity (Wildman–Crippen MR) is 131 cm³/mol. The van der Waals surface area contributed by atoms with E-state index in [2.05, 4.69) is 17.6 Å². The summed E-state index contributed by atoms with van der Waals surface area (Å²) in [5.41, 5.74) is 1.05. The van der Waals surface area contributed by atoms with Crippen LogP contribution in [0.4, 0.5) is 0 Å². The van der Waals surface area contributed by atoms with Crippen LogP contribution in [0.15, 0.2) is 30.3 Å². The maximum atomic E-state index is 12.5. The molecular formula is C27H46N2O2. The van der Waals surface area contributed by atoms with Gasteiger partial charge in [-0.1, -0.05) is 121 Å². The van der Waals surface area contributed by atoms with Crippen LogP contribution in [0, 0.1) is 0 Å². The van der Waals surface area contributed by atoms with Crippen molar-refractivity contribution in [3.05, 3.63) is 35.9 Å². The van der Waals surface area contributed by atoms with Crippen LogP contribution < -0.4 is 10.6 Å². The zero-order chi connectivity index (χ0) is 22.6.